The minimum absolute atomic E-state index is 0.370. The van der Waals surface area contributed by atoms with Crippen LogP contribution >= 0.6 is 0 Å². The van der Waals surface area contributed by atoms with Gasteiger partial charge in [-0.1, -0.05) is 12.7 Å². The second-order valence-electron chi connectivity index (χ2n) is 3.51. The Bertz CT molecular complexity index is 364. The van der Waals surface area contributed by atoms with Crippen LogP contribution in [0.2, 0.25) is 0 Å². The van der Waals surface area contributed by atoms with Gasteiger partial charge in [0.2, 0.25) is 5.95 Å². The van der Waals surface area contributed by atoms with Crippen LogP contribution in [0, 0.1) is 5.95 Å². The highest BCUT2D eigenvalue weighted by Gasteiger charge is 2.16. The first-order valence-electron chi connectivity index (χ1n) is 4.94. The lowest BCUT2D eigenvalue weighted by molar-refractivity contribution is 0.216. The van der Waals surface area contributed by atoms with Crippen LogP contribution in [0.4, 0.5) is 4.39 Å². The van der Waals surface area contributed by atoms with Gasteiger partial charge in [0.15, 0.2) is 0 Å². The lowest BCUT2D eigenvalue weighted by Gasteiger charge is -2.27. The Morgan fingerprint density at radius 2 is 2.53 bits per heavy atom. The zero-order valence-electron chi connectivity index (χ0n) is 8.37. The second kappa shape index (κ2) is 4.40. The van der Waals surface area contributed by atoms with Crippen molar-refractivity contribution in [1.29, 1.82) is 0 Å². The van der Waals surface area contributed by atoms with Gasteiger partial charge in [-0.25, -0.2) is 4.98 Å². The molecule has 1 aliphatic rings. The first-order chi connectivity index (χ1) is 7.29. The molecule has 2 rings (SSSR count). The predicted molar refractivity (Wildman–Crippen MR) is 56.2 cm³/mol. The van der Waals surface area contributed by atoms with E-state index in [1.165, 1.54) is 12.3 Å². The molecule has 80 valence electrons. The van der Waals surface area contributed by atoms with E-state index in [1.54, 1.807) is 6.07 Å². The summed E-state index contributed by atoms with van der Waals surface area (Å²) >= 11 is 0. The summed E-state index contributed by atoms with van der Waals surface area (Å²) in [7, 11) is 0. The Hall–Kier alpha value is -1.42. The quantitative estimate of drug-likeness (QED) is 0.763. The third-order valence-corrected chi connectivity index (χ3v) is 2.44. The lowest BCUT2D eigenvalue weighted by atomic mass is 10.1. The third-order valence-electron chi connectivity index (χ3n) is 2.44. The summed E-state index contributed by atoms with van der Waals surface area (Å²) < 4.78 is 18.5. The monoisotopic (exact) mass is 208 g/mol. The highest BCUT2D eigenvalue weighted by atomic mass is 19.1. The number of rotatable bonds is 4. The van der Waals surface area contributed by atoms with Crippen LogP contribution in [0.15, 0.2) is 18.8 Å². The van der Waals surface area contributed by atoms with Gasteiger partial charge in [-0.15, -0.1) is 0 Å². The smallest absolute Gasteiger partial charge is 0.220 e. The van der Waals surface area contributed by atoms with Crippen molar-refractivity contribution >= 4 is 6.08 Å². The van der Waals surface area contributed by atoms with E-state index in [4.69, 9.17) is 4.74 Å². The van der Waals surface area contributed by atoms with Crippen molar-refractivity contribution in [3.63, 3.8) is 0 Å². The minimum Gasteiger partial charge on any atom is -0.490 e. The molecular formula is C11H13FN2O. The standard InChI is InChI=1S/C11H13FN2O/c1-2-8-5-10(6-14-11(8)12)15-7-9-3-4-13-9/h2,5-6,9,13H,1,3-4,7H2. The molecule has 1 aromatic rings. The van der Waals surface area contributed by atoms with Gasteiger partial charge in [0.1, 0.15) is 12.4 Å². The molecule has 1 aliphatic heterocycles. The van der Waals surface area contributed by atoms with Crippen LogP contribution in [0.5, 0.6) is 5.75 Å². The number of nitrogens with one attached hydrogen (secondary N) is 1. The topological polar surface area (TPSA) is 34.1 Å². The molecule has 15 heavy (non-hydrogen) atoms. The van der Waals surface area contributed by atoms with Crippen molar-refractivity contribution in [3.8, 4) is 5.75 Å². The number of hydrogen-bond acceptors (Lipinski definition) is 3. The number of ether oxygens (including phenoxy) is 1. The largest absolute Gasteiger partial charge is 0.490 e. The van der Waals surface area contributed by atoms with Crippen molar-refractivity contribution in [3.05, 3.63) is 30.4 Å². The van der Waals surface area contributed by atoms with Crippen molar-refractivity contribution in [1.82, 2.24) is 10.3 Å². The minimum atomic E-state index is -0.515. The van der Waals surface area contributed by atoms with Crippen LogP contribution in [-0.4, -0.2) is 24.2 Å². The Kier molecular flexibility index (Phi) is 2.97. The zero-order valence-corrected chi connectivity index (χ0v) is 8.37. The Labute approximate surface area is 88.0 Å². The predicted octanol–water partition coefficient (Wildman–Crippen LogP) is 1.60. The summed E-state index contributed by atoms with van der Waals surface area (Å²) in [5, 5.41) is 3.22. The number of hydrogen-bond donors (Lipinski definition) is 1. The molecule has 0 aromatic carbocycles. The third kappa shape index (κ3) is 2.33. The molecule has 0 radical (unpaired) electrons. The van der Waals surface area contributed by atoms with E-state index in [9.17, 15) is 4.39 Å². The average Bonchev–Trinajstić information content (AvgIpc) is 2.18. The number of aromatic nitrogens is 1. The molecule has 0 spiro atoms. The molecule has 1 atom stereocenters. The molecule has 0 bridgehead atoms. The van der Waals surface area contributed by atoms with Crippen LogP contribution < -0.4 is 10.1 Å². The highest BCUT2D eigenvalue weighted by molar-refractivity contribution is 5.48. The maximum Gasteiger partial charge on any atom is 0.220 e. The van der Waals surface area contributed by atoms with Crippen LogP contribution in [0.1, 0.15) is 12.0 Å². The molecule has 1 aromatic heterocycles. The van der Waals surface area contributed by atoms with Gasteiger partial charge >= 0.3 is 0 Å². The molecule has 1 unspecified atom stereocenters. The fourth-order valence-electron chi connectivity index (χ4n) is 1.35. The van der Waals surface area contributed by atoms with Crippen LogP contribution in [0.3, 0.4) is 0 Å². The highest BCUT2D eigenvalue weighted by Crippen LogP contribution is 2.16. The summed E-state index contributed by atoms with van der Waals surface area (Å²) in [4.78, 5) is 3.59. The fraction of sp³-hybridized carbons (Fsp3) is 0.364. The van der Waals surface area contributed by atoms with E-state index in [1.807, 2.05) is 0 Å². The molecule has 0 aliphatic carbocycles. The molecule has 0 saturated carbocycles. The van der Waals surface area contributed by atoms with Gasteiger partial charge in [0.25, 0.3) is 0 Å². The van der Waals surface area contributed by atoms with Crippen molar-refractivity contribution in [2.75, 3.05) is 13.2 Å². The van der Waals surface area contributed by atoms with Gasteiger partial charge in [-0.05, 0) is 19.0 Å². The summed E-state index contributed by atoms with van der Waals surface area (Å²) in [6.07, 6.45) is 3.95. The molecule has 3 nitrogen and oxygen atoms in total. The Morgan fingerprint density at radius 3 is 3.13 bits per heavy atom. The van der Waals surface area contributed by atoms with E-state index in [0.717, 1.165) is 13.0 Å². The Morgan fingerprint density at radius 1 is 1.73 bits per heavy atom. The first-order valence-corrected chi connectivity index (χ1v) is 4.94. The maximum atomic E-state index is 13.0. The first kappa shape index (κ1) is 10.1. The molecular weight excluding hydrogens is 195 g/mol. The molecule has 2 heterocycles. The summed E-state index contributed by atoms with van der Waals surface area (Å²) in [5.41, 5.74) is 0.370. The summed E-state index contributed by atoms with van der Waals surface area (Å²) in [6.45, 7) is 5.16. The van der Waals surface area contributed by atoms with E-state index >= 15 is 0 Å². The van der Waals surface area contributed by atoms with E-state index in [0.29, 0.717) is 24.0 Å². The lowest BCUT2D eigenvalue weighted by Crippen LogP contribution is -2.46. The SMILES string of the molecule is C=Cc1cc(OCC2CCN2)cnc1F. The molecule has 0 amide bonds. The number of nitrogens with zero attached hydrogens (tertiary/aromatic N) is 1. The van der Waals surface area contributed by atoms with Gasteiger partial charge in [-0.3, -0.25) is 0 Å². The molecule has 1 saturated heterocycles. The van der Waals surface area contributed by atoms with Gasteiger partial charge in [-0.2, -0.15) is 4.39 Å². The molecule has 4 heteroatoms. The molecule has 1 N–H and O–H groups in total. The van der Waals surface area contributed by atoms with Crippen molar-refractivity contribution in [2.24, 2.45) is 0 Å². The number of halogens is 1. The number of pyridine rings is 1. The summed E-state index contributed by atoms with van der Waals surface area (Å²) in [6, 6.07) is 2.02. The van der Waals surface area contributed by atoms with Crippen LogP contribution in [-0.2, 0) is 0 Å². The van der Waals surface area contributed by atoms with E-state index in [2.05, 4.69) is 16.9 Å². The molecule has 1 fully saturated rings. The second-order valence-corrected chi connectivity index (χ2v) is 3.51. The van der Waals surface area contributed by atoms with Crippen molar-refractivity contribution < 1.29 is 9.13 Å². The normalized spacial score (nSPS) is 19.4. The van der Waals surface area contributed by atoms with E-state index < -0.39 is 5.95 Å². The Balaban J connectivity index is 1.98. The zero-order chi connectivity index (χ0) is 10.7. The van der Waals surface area contributed by atoms with Crippen LogP contribution in [0.25, 0.3) is 6.08 Å². The fourth-order valence-corrected chi connectivity index (χ4v) is 1.35. The van der Waals surface area contributed by atoms with Gasteiger partial charge < -0.3 is 10.1 Å². The van der Waals surface area contributed by atoms with Gasteiger partial charge in [0.05, 0.1) is 6.20 Å². The van der Waals surface area contributed by atoms with E-state index in [-0.39, 0.29) is 0 Å². The van der Waals surface area contributed by atoms with Crippen molar-refractivity contribution in [2.45, 2.75) is 12.5 Å². The summed E-state index contributed by atoms with van der Waals surface area (Å²) in [5.74, 6) is 0.0686. The van der Waals surface area contributed by atoms with Gasteiger partial charge in [0, 0.05) is 11.6 Å². The average molecular weight is 208 g/mol. The maximum absolute atomic E-state index is 13.0.